The van der Waals surface area contributed by atoms with Gasteiger partial charge in [-0.3, -0.25) is 9.80 Å². The summed E-state index contributed by atoms with van der Waals surface area (Å²) in [6, 6.07) is 8.39. The van der Waals surface area contributed by atoms with Crippen LogP contribution < -0.4 is 4.74 Å². The van der Waals surface area contributed by atoms with E-state index in [0.29, 0.717) is 12.6 Å². The molecule has 0 fully saturated rings. The Morgan fingerprint density at radius 1 is 1.32 bits per heavy atom. The van der Waals surface area contributed by atoms with Crippen molar-refractivity contribution in [3.05, 3.63) is 53.9 Å². The van der Waals surface area contributed by atoms with E-state index in [4.69, 9.17) is 9.84 Å². The van der Waals surface area contributed by atoms with E-state index in [1.54, 1.807) is 7.11 Å². The summed E-state index contributed by atoms with van der Waals surface area (Å²) in [6.07, 6.45) is 4.05. The summed E-state index contributed by atoms with van der Waals surface area (Å²) in [5.41, 5.74) is 4.69. The number of nitrogens with zero attached hydrogens (tertiary/aromatic N) is 4. The molecule has 0 amide bonds. The van der Waals surface area contributed by atoms with E-state index < -0.39 is 0 Å². The highest BCUT2D eigenvalue weighted by molar-refractivity contribution is 5.49. The number of aliphatic hydroxyl groups excluding tert-OH is 1. The van der Waals surface area contributed by atoms with Crippen LogP contribution in [0.3, 0.4) is 0 Å². The van der Waals surface area contributed by atoms with Crippen LogP contribution in [0.15, 0.2) is 36.9 Å². The lowest BCUT2D eigenvalue weighted by atomic mass is 10.0. The van der Waals surface area contributed by atoms with Crippen LogP contribution >= 0.6 is 0 Å². The summed E-state index contributed by atoms with van der Waals surface area (Å²) >= 11 is 0. The smallest absolute Gasteiger partial charge is 0.144 e. The molecule has 0 aliphatic carbocycles. The molecular formula is C25H38N4O2. The van der Waals surface area contributed by atoms with Gasteiger partial charge in [-0.05, 0) is 45.4 Å². The number of benzene rings is 1. The van der Waals surface area contributed by atoms with Crippen LogP contribution in [-0.4, -0.2) is 63.6 Å². The van der Waals surface area contributed by atoms with Crippen molar-refractivity contribution in [2.45, 2.75) is 65.3 Å². The summed E-state index contributed by atoms with van der Waals surface area (Å²) in [7, 11) is 1.71. The molecule has 1 atom stereocenters. The maximum Gasteiger partial charge on any atom is 0.144 e. The van der Waals surface area contributed by atoms with Crippen LogP contribution in [0.25, 0.3) is 5.69 Å². The topological polar surface area (TPSA) is 53.8 Å². The van der Waals surface area contributed by atoms with Crippen molar-refractivity contribution in [2.24, 2.45) is 0 Å². The normalized spacial score (nSPS) is 15.3. The number of hydrogen-bond acceptors (Lipinski definition) is 5. The molecule has 0 spiro atoms. The van der Waals surface area contributed by atoms with Gasteiger partial charge >= 0.3 is 0 Å². The number of hydrogen-bond donors (Lipinski definition) is 1. The minimum Gasteiger partial charge on any atom is -0.494 e. The fourth-order valence-corrected chi connectivity index (χ4v) is 4.27. The molecule has 1 aromatic heterocycles. The zero-order valence-electron chi connectivity index (χ0n) is 19.5. The van der Waals surface area contributed by atoms with Crippen LogP contribution in [0.1, 0.15) is 50.6 Å². The van der Waals surface area contributed by atoms with Crippen molar-refractivity contribution in [3.63, 3.8) is 0 Å². The van der Waals surface area contributed by atoms with E-state index in [1.807, 2.05) is 24.3 Å². The highest BCUT2D eigenvalue weighted by Crippen LogP contribution is 2.30. The molecule has 1 aromatic carbocycles. The largest absolute Gasteiger partial charge is 0.494 e. The minimum absolute atomic E-state index is 0.316. The van der Waals surface area contributed by atoms with Gasteiger partial charge in [0, 0.05) is 44.2 Å². The van der Waals surface area contributed by atoms with Gasteiger partial charge in [-0.25, -0.2) is 4.68 Å². The van der Waals surface area contributed by atoms with Crippen molar-refractivity contribution in [1.29, 1.82) is 0 Å². The number of aromatic nitrogens is 2. The third kappa shape index (κ3) is 5.56. The first-order valence-corrected chi connectivity index (χ1v) is 11.5. The van der Waals surface area contributed by atoms with Crippen LogP contribution in [0.5, 0.6) is 5.75 Å². The number of methoxy groups -OCH3 is 1. The Balaban J connectivity index is 1.95. The molecule has 3 rings (SSSR count). The zero-order chi connectivity index (χ0) is 22.4. The minimum atomic E-state index is -0.361. The third-order valence-corrected chi connectivity index (χ3v) is 6.21. The van der Waals surface area contributed by atoms with Gasteiger partial charge in [0.05, 0.1) is 24.6 Å². The molecule has 1 N–H and O–H groups in total. The first-order valence-electron chi connectivity index (χ1n) is 11.5. The Hall–Kier alpha value is -2.15. The Morgan fingerprint density at radius 3 is 2.77 bits per heavy atom. The SMILES string of the molecule is C=CCCC(O)CN(Cc1nn(-c2ccccc2OC)c2c1CN(CC)CC2)C(C)C. The molecule has 6 nitrogen and oxygen atoms in total. The number of ether oxygens (including phenoxy) is 1. The van der Waals surface area contributed by atoms with Crippen LogP contribution in [0, 0.1) is 0 Å². The van der Waals surface area contributed by atoms with Gasteiger partial charge in [0.25, 0.3) is 0 Å². The Kier molecular flexibility index (Phi) is 8.29. The predicted octanol–water partition coefficient (Wildman–Crippen LogP) is 3.80. The van der Waals surface area contributed by atoms with E-state index >= 15 is 0 Å². The van der Waals surface area contributed by atoms with Gasteiger partial charge in [-0.15, -0.1) is 6.58 Å². The number of aliphatic hydroxyl groups is 1. The van der Waals surface area contributed by atoms with E-state index in [0.717, 1.165) is 62.6 Å². The lowest BCUT2D eigenvalue weighted by Gasteiger charge is -2.30. The quantitative estimate of drug-likeness (QED) is 0.554. The summed E-state index contributed by atoms with van der Waals surface area (Å²) in [5, 5.41) is 15.6. The maximum atomic E-state index is 10.5. The molecule has 0 radical (unpaired) electrons. The average molecular weight is 427 g/mol. The predicted molar refractivity (Wildman–Crippen MR) is 126 cm³/mol. The number of fused-ring (bicyclic) bond motifs is 1. The Morgan fingerprint density at radius 2 is 2.10 bits per heavy atom. The lowest BCUT2D eigenvalue weighted by molar-refractivity contribution is 0.0843. The molecule has 0 saturated carbocycles. The third-order valence-electron chi connectivity index (χ3n) is 6.21. The van der Waals surface area contributed by atoms with Crippen molar-refractivity contribution < 1.29 is 9.84 Å². The average Bonchev–Trinajstić information content (AvgIpc) is 3.14. The summed E-state index contributed by atoms with van der Waals surface area (Å²) in [5.74, 6) is 0.831. The Bertz CT molecular complexity index is 861. The molecule has 1 aliphatic rings. The van der Waals surface area contributed by atoms with Crippen LogP contribution in [0.2, 0.25) is 0 Å². The van der Waals surface area contributed by atoms with Crippen LogP contribution in [-0.2, 0) is 19.5 Å². The van der Waals surface area contributed by atoms with Gasteiger partial charge < -0.3 is 9.84 Å². The molecule has 1 unspecified atom stereocenters. The summed E-state index contributed by atoms with van der Waals surface area (Å²) in [6.45, 7) is 14.7. The standard InChI is InChI=1S/C25H38N4O2/c1-6-8-11-20(30)16-28(19(3)4)18-22-21-17-27(7-2)15-14-23(21)29(26-22)24-12-9-10-13-25(24)31-5/h6,9-10,12-13,19-20,30H,1,7-8,11,14-18H2,2-5H3. The van der Waals surface area contributed by atoms with Crippen molar-refractivity contribution in [2.75, 3.05) is 26.7 Å². The van der Waals surface area contributed by atoms with Gasteiger partial charge in [0.1, 0.15) is 11.4 Å². The van der Waals surface area contributed by atoms with Gasteiger partial charge in [-0.1, -0.05) is 25.1 Å². The van der Waals surface area contributed by atoms with Gasteiger partial charge in [0.15, 0.2) is 0 Å². The molecule has 2 aromatic rings. The summed E-state index contributed by atoms with van der Waals surface area (Å²) in [4.78, 5) is 4.80. The molecular weight excluding hydrogens is 388 g/mol. The van der Waals surface area contributed by atoms with Crippen LogP contribution in [0.4, 0.5) is 0 Å². The second kappa shape index (κ2) is 10.9. The zero-order valence-corrected chi connectivity index (χ0v) is 19.5. The van der Waals surface area contributed by atoms with Crippen molar-refractivity contribution in [1.82, 2.24) is 19.6 Å². The molecule has 0 saturated heterocycles. The second-order valence-electron chi connectivity index (χ2n) is 8.62. The highest BCUT2D eigenvalue weighted by Gasteiger charge is 2.27. The Labute approximate surface area is 187 Å². The lowest BCUT2D eigenvalue weighted by Crippen LogP contribution is -2.38. The van der Waals surface area contributed by atoms with E-state index in [-0.39, 0.29) is 6.10 Å². The number of likely N-dealkylation sites (N-methyl/N-ethyl adjacent to an activating group) is 1. The fourth-order valence-electron chi connectivity index (χ4n) is 4.27. The second-order valence-corrected chi connectivity index (χ2v) is 8.62. The summed E-state index contributed by atoms with van der Waals surface area (Å²) < 4.78 is 7.72. The molecule has 1 aliphatic heterocycles. The monoisotopic (exact) mass is 426 g/mol. The molecule has 2 heterocycles. The molecule has 0 bridgehead atoms. The molecule has 31 heavy (non-hydrogen) atoms. The molecule has 6 heteroatoms. The van der Waals surface area contributed by atoms with Gasteiger partial charge in [0.2, 0.25) is 0 Å². The highest BCUT2D eigenvalue weighted by atomic mass is 16.5. The maximum absolute atomic E-state index is 10.5. The number of rotatable bonds is 11. The first kappa shape index (κ1) is 23.5. The van der Waals surface area contributed by atoms with E-state index in [1.165, 1.54) is 11.3 Å². The molecule has 170 valence electrons. The number of allylic oxidation sites excluding steroid dienone is 1. The van der Waals surface area contributed by atoms with Gasteiger partial charge in [-0.2, -0.15) is 5.10 Å². The number of para-hydroxylation sites is 2. The fraction of sp³-hybridized carbons (Fsp3) is 0.560. The van der Waals surface area contributed by atoms with Crippen molar-refractivity contribution in [3.8, 4) is 11.4 Å². The van der Waals surface area contributed by atoms with E-state index in [2.05, 4.69) is 47.9 Å². The van der Waals surface area contributed by atoms with Crippen molar-refractivity contribution >= 4 is 0 Å². The van der Waals surface area contributed by atoms with E-state index in [9.17, 15) is 5.11 Å². The first-order chi connectivity index (χ1) is 15.0.